The van der Waals surface area contributed by atoms with Gasteiger partial charge in [0, 0.05) is 0 Å². The van der Waals surface area contributed by atoms with Gasteiger partial charge in [-0.15, -0.1) is 0 Å². The van der Waals surface area contributed by atoms with Gasteiger partial charge in [0.15, 0.2) is 0 Å². The molecule has 5 aromatic rings. The standard InChI is InChI=1S/C30H22O5/c31-23-5-13-27(14-6-23)33-25-9-1-21(2-10-25)22-3-11-26(12-4-22)34-29-17-19-30(20-18-29)35-28-15-7-24(32)8-16-28/h1-20,31-32H. The van der Waals surface area contributed by atoms with Crippen LogP contribution in [-0.2, 0) is 0 Å². The van der Waals surface area contributed by atoms with Gasteiger partial charge >= 0.3 is 0 Å². The molecule has 5 aromatic carbocycles. The molecular formula is C30H22O5. The van der Waals surface area contributed by atoms with Gasteiger partial charge in [0.1, 0.15) is 46.0 Å². The molecule has 5 heteroatoms. The van der Waals surface area contributed by atoms with E-state index in [4.69, 9.17) is 14.2 Å². The Balaban J connectivity index is 1.19. The second kappa shape index (κ2) is 9.93. The van der Waals surface area contributed by atoms with Gasteiger partial charge in [-0.3, -0.25) is 0 Å². The highest BCUT2D eigenvalue weighted by Crippen LogP contribution is 2.30. The SMILES string of the molecule is Oc1ccc(Oc2ccc(Oc3ccc(-c4ccc(Oc5ccc(O)cc5)cc4)cc3)cc2)cc1. The summed E-state index contributed by atoms with van der Waals surface area (Å²) in [6.07, 6.45) is 0. The molecule has 2 N–H and O–H groups in total. The summed E-state index contributed by atoms with van der Waals surface area (Å²) < 4.78 is 17.5. The number of aromatic hydroxyl groups is 2. The first-order valence-corrected chi connectivity index (χ1v) is 11.0. The van der Waals surface area contributed by atoms with Crippen molar-refractivity contribution < 1.29 is 24.4 Å². The van der Waals surface area contributed by atoms with Crippen LogP contribution in [0.15, 0.2) is 121 Å². The molecule has 0 bridgehead atoms. The summed E-state index contributed by atoms with van der Waals surface area (Å²) in [7, 11) is 0. The molecule has 0 aromatic heterocycles. The van der Waals surface area contributed by atoms with E-state index in [0.29, 0.717) is 23.0 Å². The van der Waals surface area contributed by atoms with Crippen molar-refractivity contribution in [3.8, 4) is 57.1 Å². The lowest BCUT2D eigenvalue weighted by atomic mass is 10.1. The van der Waals surface area contributed by atoms with Crippen molar-refractivity contribution in [1.29, 1.82) is 0 Å². The molecule has 0 saturated carbocycles. The van der Waals surface area contributed by atoms with Crippen LogP contribution >= 0.6 is 0 Å². The van der Waals surface area contributed by atoms with E-state index in [1.54, 1.807) is 48.5 Å². The van der Waals surface area contributed by atoms with Crippen LogP contribution in [0.4, 0.5) is 0 Å². The molecule has 0 atom stereocenters. The first-order chi connectivity index (χ1) is 17.1. The van der Waals surface area contributed by atoms with Gasteiger partial charge < -0.3 is 24.4 Å². The Labute approximate surface area is 203 Å². The lowest BCUT2D eigenvalue weighted by Gasteiger charge is -2.10. The zero-order valence-electron chi connectivity index (χ0n) is 18.7. The molecule has 0 unspecified atom stereocenters. The van der Waals surface area contributed by atoms with Crippen molar-refractivity contribution in [2.24, 2.45) is 0 Å². The molecule has 0 radical (unpaired) electrons. The summed E-state index contributed by atoms with van der Waals surface area (Å²) in [5, 5.41) is 18.7. The average Bonchev–Trinajstić information content (AvgIpc) is 2.89. The third-order valence-corrected chi connectivity index (χ3v) is 5.25. The van der Waals surface area contributed by atoms with Gasteiger partial charge in [-0.05, 0) is 108 Å². The fraction of sp³-hybridized carbons (Fsp3) is 0. The largest absolute Gasteiger partial charge is 0.508 e. The summed E-state index contributed by atoms with van der Waals surface area (Å²) in [5.41, 5.74) is 2.12. The second-order valence-electron chi connectivity index (χ2n) is 7.81. The third kappa shape index (κ3) is 5.72. The van der Waals surface area contributed by atoms with Crippen LogP contribution in [0.5, 0.6) is 46.0 Å². The third-order valence-electron chi connectivity index (χ3n) is 5.25. The number of hydrogen-bond donors (Lipinski definition) is 2. The Bertz CT molecular complexity index is 1370. The first-order valence-electron chi connectivity index (χ1n) is 11.0. The summed E-state index contributed by atoms with van der Waals surface area (Å²) in [6, 6.07) is 36.2. The van der Waals surface area contributed by atoms with Gasteiger partial charge in [-0.1, -0.05) is 24.3 Å². The minimum Gasteiger partial charge on any atom is -0.508 e. The fourth-order valence-electron chi connectivity index (χ4n) is 3.44. The monoisotopic (exact) mass is 462 g/mol. The highest BCUT2D eigenvalue weighted by Gasteiger charge is 2.04. The number of phenols is 2. The molecule has 0 amide bonds. The Morgan fingerprint density at radius 3 is 0.743 bits per heavy atom. The number of ether oxygens (including phenoxy) is 3. The molecule has 0 aliphatic rings. The lowest BCUT2D eigenvalue weighted by Crippen LogP contribution is -1.87. The van der Waals surface area contributed by atoms with Gasteiger partial charge in [-0.2, -0.15) is 0 Å². The van der Waals surface area contributed by atoms with E-state index in [0.717, 1.165) is 22.6 Å². The highest BCUT2D eigenvalue weighted by atomic mass is 16.5. The van der Waals surface area contributed by atoms with E-state index in [2.05, 4.69) is 0 Å². The Kier molecular flexibility index (Phi) is 6.22. The Morgan fingerprint density at radius 2 is 0.486 bits per heavy atom. The van der Waals surface area contributed by atoms with E-state index in [1.165, 1.54) is 0 Å². The van der Waals surface area contributed by atoms with Crippen LogP contribution in [-0.4, -0.2) is 10.2 Å². The van der Waals surface area contributed by atoms with Crippen LogP contribution in [0.2, 0.25) is 0 Å². The predicted molar refractivity (Wildman–Crippen MR) is 135 cm³/mol. The zero-order valence-corrected chi connectivity index (χ0v) is 18.7. The van der Waals surface area contributed by atoms with E-state index in [-0.39, 0.29) is 11.5 Å². The summed E-state index contributed by atoms with van der Waals surface area (Å²) >= 11 is 0. The van der Waals surface area contributed by atoms with Crippen molar-refractivity contribution in [3.63, 3.8) is 0 Å². The Morgan fingerprint density at radius 1 is 0.286 bits per heavy atom. The fourth-order valence-corrected chi connectivity index (χ4v) is 3.44. The minimum absolute atomic E-state index is 0.198. The zero-order chi connectivity index (χ0) is 24.0. The second-order valence-corrected chi connectivity index (χ2v) is 7.81. The summed E-state index contributed by atoms with van der Waals surface area (Å²) in [5.74, 6) is 4.54. The smallest absolute Gasteiger partial charge is 0.127 e. The maximum absolute atomic E-state index is 9.38. The van der Waals surface area contributed by atoms with Crippen LogP contribution in [0.3, 0.4) is 0 Å². The van der Waals surface area contributed by atoms with Gasteiger partial charge in [0.2, 0.25) is 0 Å². The molecule has 0 saturated heterocycles. The van der Waals surface area contributed by atoms with Crippen molar-refractivity contribution in [2.45, 2.75) is 0 Å². The summed E-state index contributed by atoms with van der Waals surface area (Å²) in [4.78, 5) is 0. The first kappa shape index (κ1) is 21.9. The highest BCUT2D eigenvalue weighted by molar-refractivity contribution is 5.65. The molecule has 5 nitrogen and oxygen atoms in total. The quantitative estimate of drug-likeness (QED) is 0.255. The van der Waals surface area contributed by atoms with Crippen molar-refractivity contribution in [2.75, 3.05) is 0 Å². The topological polar surface area (TPSA) is 68.2 Å². The lowest BCUT2D eigenvalue weighted by molar-refractivity contribution is 0.461. The van der Waals surface area contributed by atoms with Crippen LogP contribution in [0.1, 0.15) is 0 Å². The normalized spacial score (nSPS) is 10.5. The van der Waals surface area contributed by atoms with E-state index in [1.807, 2.05) is 72.8 Å². The molecule has 35 heavy (non-hydrogen) atoms. The van der Waals surface area contributed by atoms with E-state index < -0.39 is 0 Å². The van der Waals surface area contributed by atoms with Crippen LogP contribution < -0.4 is 14.2 Å². The van der Waals surface area contributed by atoms with E-state index >= 15 is 0 Å². The number of hydrogen-bond acceptors (Lipinski definition) is 5. The number of rotatable bonds is 7. The minimum atomic E-state index is 0.198. The van der Waals surface area contributed by atoms with Gasteiger partial charge in [-0.25, -0.2) is 0 Å². The maximum Gasteiger partial charge on any atom is 0.127 e. The predicted octanol–water partition coefficient (Wildman–Crippen LogP) is 8.14. The van der Waals surface area contributed by atoms with Crippen molar-refractivity contribution >= 4 is 0 Å². The molecule has 172 valence electrons. The number of benzene rings is 5. The van der Waals surface area contributed by atoms with Gasteiger partial charge in [0.05, 0.1) is 0 Å². The molecule has 0 aliphatic heterocycles. The summed E-state index contributed by atoms with van der Waals surface area (Å²) in [6.45, 7) is 0. The molecule has 5 rings (SSSR count). The Hall–Kier alpha value is -4.90. The van der Waals surface area contributed by atoms with Crippen LogP contribution in [0.25, 0.3) is 11.1 Å². The molecule has 0 spiro atoms. The van der Waals surface area contributed by atoms with E-state index in [9.17, 15) is 10.2 Å². The van der Waals surface area contributed by atoms with Crippen molar-refractivity contribution in [1.82, 2.24) is 0 Å². The maximum atomic E-state index is 9.38. The molecule has 0 fully saturated rings. The van der Waals surface area contributed by atoms with Gasteiger partial charge in [0.25, 0.3) is 0 Å². The van der Waals surface area contributed by atoms with Crippen LogP contribution in [0, 0.1) is 0 Å². The van der Waals surface area contributed by atoms with Crippen molar-refractivity contribution in [3.05, 3.63) is 121 Å². The average molecular weight is 463 g/mol. The molecule has 0 heterocycles. The molecular weight excluding hydrogens is 440 g/mol. The molecule has 0 aliphatic carbocycles. The number of phenolic OH excluding ortho intramolecular Hbond substituents is 2.